The molecular weight excluding hydrogens is 408 g/mol. The van der Waals surface area contributed by atoms with Crippen LogP contribution in [0.3, 0.4) is 0 Å². The summed E-state index contributed by atoms with van der Waals surface area (Å²) in [6.45, 7) is 8.05. The summed E-state index contributed by atoms with van der Waals surface area (Å²) in [5.41, 5.74) is 4.43. The van der Waals surface area contributed by atoms with Gasteiger partial charge in [0.05, 0.1) is 17.6 Å². The molecule has 0 saturated carbocycles. The Kier molecular flexibility index (Phi) is 6.47. The third-order valence-electron chi connectivity index (χ3n) is 5.28. The first-order valence-electron chi connectivity index (χ1n) is 10.6. The van der Waals surface area contributed by atoms with E-state index in [-0.39, 0.29) is 0 Å². The molecule has 31 heavy (non-hydrogen) atoms. The molecule has 0 fully saturated rings. The predicted octanol–water partition coefficient (Wildman–Crippen LogP) is 6.78. The van der Waals surface area contributed by atoms with Crippen molar-refractivity contribution in [3.8, 4) is 11.5 Å². The average Bonchev–Trinajstić information content (AvgIpc) is 3.11. The van der Waals surface area contributed by atoms with Crippen LogP contribution in [0.5, 0.6) is 11.5 Å². The summed E-state index contributed by atoms with van der Waals surface area (Å²) < 4.78 is 14.4. The highest BCUT2D eigenvalue weighted by molar-refractivity contribution is 6.30. The lowest BCUT2D eigenvalue weighted by Crippen LogP contribution is -2.13. The number of hydrogen-bond donors (Lipinski definition) is 0. The number of aryl methyl sites for hydroxylation is 1. The van der Waals surface area contributed by atoms with Gasteiger partial charge in [0.25, 0.3) is 0 Å². The Bertz CT molecular complexity index is 1170. The van der Waals surface area contributed by atoms with Crippen molar-refractivity contribution in [1.29, 1.82) is 0 Å². The second-order valence-electron chi connectivity index (χ2n) is 7.96. The summed E-state index contributed by atoms with van der Waals surface area (Å²) in [5.74, 6) is 3.00. The van der Waals surface area contributed by atoms with Crippen LogP contribution >= 0.6 is 11.6 Å². The molecule has 0 amide bonds. The predicted molar refractivity (Wildman–Crippen MR) is 126 cm³/mol. The quantitative estimate of drug-likeness (QED) is 0.306. The van der Waals surface area contributed by atoms with Crippen molar-refractivity contribution < 1.29 is 9.47 Å². The summed E-state index contributed by atoms with van der Waals surface area (Å²) in [4.78, 5) is 4.83. The molecule has 0 radical (unpaired) electrons. The van der Waals surface area contributed by atoms with E-state index in [9.17, 15) is 0 Å². The van der Waals surface area contributed by atoms with Crippen LogP contribution in [0.15, 0.2) is 66.7 Å². The smallest absolute Gasteiger partial charge is 0.148 e. The van der Waals surface area contributed by atoms with Gasteiger partial charge in [0.2, 0.25) is 0 Å². The van der Waals surface area contributed by atoms with Gasteiger partial charge < -0.3 is 14.0 Å². The van der Waals surface area contributed by atoms with E-state index in [1.54, 1.807) is 0 Å². The van der Waals surface area contributed by atoms with Gasteiger partial charge in [-0.15, -0.1) is 0 Å². The van der Waals surface area contributed by atoms with Crippen LogP contribution in [-0.4, -0.2) is 16.2 Å². The molecule has 5 heteroatoms. The molecule has 0 saturated heterocycles. The summed E-state index contributed by atoms with van der Waals surface area (Å²) in [5, 5.41) is 0.698. The molecule has 0 unspecified atom stereocenters. The molecule has 4 aromatic rings. The summed E-state index contributed by atoms with van der Waals surface area (Å²) >= 11 is 5.96. The lowest BCUT2D eigenvalue weighted by molar-refractivity contribution is 0.270. The zero-order valence-corrected chi connectivity index (χ0v) is 18.9. The third kappa shape index (κ3) is 5.02. The van der Waals surface area contributed by atoms with E-state index in [1.807, 2.05) is 42.5 Å². The highest BCUT2D eigenvalue weighted by Gasteiger charge is 2.14. The molecule has 160 valence electrons. The molecule has 4 nitrogen and oxygen atoms in total. The van der Waals surface area contributed by atoms with Crippen LogP contribution in [-0.2, 0) is 13.2 Å². The third-order valence-corrected chi connectivity index (χ3v) is 5.53. The lowest BCUT2D eigenvalue weighted by Gasteiger charge is -2.16. The second-order valence-corrected chi connectivity index (χ2v) is 8.39. The molecule has 3 aromatic carbocycles. The highest BCUT2D eigenvalue weighted by atomic mass is 35.5. The average molecular weight is 435 g/mol. The Labute approximate surface area is 188 Å². The van der Waals surface area contributed by atoms with Gasteiger partial charge in [-0.05, 0) is 66.4 Å². The van der Waals surface area contributed by atoms with Crippen LogP contribution < -0.4 is 9.47 Å². The number of ether oxygens (including phenoxy) is 2. The summed E-state index contributed by atoms with van der Waals surface area (Å²) in [7, 11) is 0. The molecule has 0 atom stereocenters. The van der Waals surface area contributed by atoms with Gasteiger partial charge in [-0.2, -0.15) is 0 Å². The van der Waals surface area contributed by atoms with E-state index in [4.69, 9.17) is 26.1 Å². The number of fused-ring (bicyclic) bond motifs is 1. The molecule has 1 aromatic heterocycles. The van der Waals surface area contributed by atoms with Crippen molar-refractivity contribution in [2.75, 3.05) is 6.61 Å². The lowest BCUT2D eigenvalue weighted by atomic mass is 10.0. The standard InChI is InChI=1S/C26H27ClN2O2/c1-18(2)22-13-8-19(3)16-25(22)31-17-26-28-23-6-4-5-7-24(23)29(26)14-15-30-21-11-9-20(27)10-12-21/h4-13,16,18H,14-15,17H2,1-3H3. The van der Waals surface area contributed by atoms with Crippen molar-refractivity contribution >= 4 is 22.6 Å². The molecule has 0 N–H and O–H groups in total. The van der Waals surface area contributed by atoms with Gasteiger partial charge in [0.15, 0.2) is 0 Å². The molecule has 4 rings (SSSR count). The van der Waals surface area contributed by atoms with E-state index in [0.29, 0.717) is 30.7 Å². The monoisotopic (exact) mass is 434 g/mol. The number of benzene rings is 3. The first-order chi connectivity index (χ1) is 15.0. The summed E-state index contributed by atoms with van der Waals surface area (Å²) in [6, 6.07) is 22.0. The maximum atomic E-state index is 6.27. The maximum absolute atomic E-state index is 6.27. The van der Waals surface area contributed by atoms with Gasteiger partial charge >= 0.3 is 0 Å². The SMILES string of the molecule is Cc1ccc(C(C)C)c(OCc2nc3ccccc3n2CCOc2ccc(Cl)cc2)c1. The Balaban J connectivity index is 1.54. The van der Waals surface area contributed by atoms with Crippen molar-refractivity contribution in [3.05, 3.63) is 88.7 Å². The van der Waals surface area contributed by atoms with Gasteiger partial charge in [0.1, 0.15) is 30.5 Å². The first-order valence-corrected chi connectivity index (χ1v) is 10.9. The number of hydrogen-bond acceptors (Lipinski definition) is 3. The zero-order valence-electron chi connectivity index (χ0n) is 18.1. The molecule has 0 spiro atoms. The minimum Gasteiger partial charge on any atom is -0.492 e. The second kappa shape index (κ2) is 9.44. The van der Waals surface area contributed by atoms with E-state index in [1.165, 1.54) is 11.1 Å². The molecule has 0 aliphatic rings. The number of rotatable bonds is 8. The maximum Gasteiger partial charge on any atom is 0.148 e. The molecule has 0 aliphatic carbocycles. The topological polar surface area (TPSA) is 36.3 Å². The minimum absolute atomic E-state index is 0.391. The van der Waals surface area contributed by atoms with Crippen molar-refractivity contribution in [2.45, 2.75) is 39.8 Å². The van der Waals surface area contributed by atoms with Gasteiger partial charge in [0, 0.05) is 5.02 Å². The van der Waals surface area contributed by atoms with E-state index in [0.717, 1.165) is 28.4 Å². The Hall–Kier alpha value is -2.98. The van der Waals surface area contributed by atoms with E-state index >= 15 is 0 Å². The fourth-order valence-corrected chi connectivity index (χ4v) is 3.78. The molecule has 0 bridgehead atoms. The number of imidazole rings is 1. The molecular formula is C26H27ClN2O2. The molecule has 1 heterocycles. The zero-order chi connectivity index (χ0) is 21.8. The minimum atomic E-state index is 0.391. The first kappa shape index (κ1) is 21.3. The van der Waals surface area contributed by atoms with Gasteiger partial charge in [-0.25, -0.2) is 4.98 Å². The van der Waals surface area contributed by atoms with Crippen molar-refractivity contribution in [2.24, 2.45) is 0 Å². The normalized spacial score (nSPS) is 11.3. The fraction of sp³-hybridized carbons (Fsp3) is 0.269. The Morgan fingerprint density at radius 1 is 0.968 bits per heavy atom. The van der Waals surface area contributed by atoms with Crippen LogP contribution in [0.1, 0.15) is 36.7 Å². The number of aromatic nitrogens is 2. The Morgan fingerprint density at radius 3 is 2.52 bits per heavy atom. The number of para-hydroxylation sites is 2. The highest BCUT2D eigenvalue weighted by Crippen LogP contribution is 2.28. The van der Waals surface area contributed by atoms with Gasteiger partial charge in [-0.1, -0.05) is 49.7 Å². The van der Waals surface area contributed by atoms with Crippen LogP contribution in [0.25, 0.3) is 11.0 Å². The fourth-order valence-electron chi connectivity index (χ4n) is 3.66. The van der Waals surface area contributed by atoms with Crippen LogP contribution in [0.4, 0.5) is 0 Å². The van der Waals surface area contributed by atoms with Crippen molar-refractivity contribution in [3.63, 3.8) is 0 Å². The van der Waals surface area contributed by atoms with Crippen LogP contribution in [0, 0.1) is 6.92 Å². The molecule has 0 aliphatic heterocycles. The van der Waals surface area contributed by atoms with Crippen molar-refractivity contribution in [1.82, 2.24) is 9.55 Å². The number of halogens is 1. The van der Waals surface area contributed by atoms with E-state index in [2.05, 4.69) is 49.6 Å². The largest absolute Gasteiger partial charge is 0.492 e. The van der Waals surface area contributed by atoms with Gasteiger partial charge in [-0.3, -0.25) is 0 Å². The van der Waals surface area contributed by atoms with E-state index < -0.39 is 0 Å². The summed E-state index contributed by atoms with van der Waals surface area (Å²) in [6.07, 6.45) is 0. The van der Waals surface area contributed by atoms with Crippen LogP contribution in [0.2, 0.25) is 5.02 Å². The Morgan fingerprint density at radius 2 is 1.74 bits per heavy atom. The number of nitrogens with zero attached hydrogens (tertiary/aromatic N) is 2.